The Morgan fingerprint density at radius 3 is 2.30 bits per heavy atom. The number of hydrogen-bond donors (Lipinski definition) is 4. The molecule has 4 rings (SSSR count). The lowest BCUT2D eigenvalue weighted by molar-refractivity contribution is -0.135. The summed E-state index contributed by atoms with van der Waals surface area (Å²) in [6, 6.07) is 14.7. The van der Waals surface area contributed by atoms with Gasteiger partial charge >= 0.3 is 5.97 Å². The van der Waals surface area contributed by atoms with Crippen molar-refractivity contribution in [1.29, 1.82) is 0 Å². The number of nitrogens with one attached hydrogen (secondary N) is 1. The van der Waals surface area contributed by atoms with Crippen molar-refractivity contribution < 1.29 is 24.2 Å². The number of carbonyl (C=O) groups is 3. The molecule has 0 saturated carbocycles. The van der Waals surface area contributed by atoms with Gasteiger partial charge in [0.25, 0.3) is 0 Å². The molecular formula is C32H34IN5O5. The van der Waals surface area contributed by atoms with Crippen LogP contribution < -0.4 is 16.2 Å². The van der Waals surface area contributed by atoms with E-state index >= 15 is 0 Å². The van der Waals surface area contributed by atoms with E-state index < -0.39 is 24.0 Å². The predicted octanol–water partition coefficient (Wildman–Crippen LogP) is 4.76. The summed E-state index contributed by atoms with van der Waals surface area (Å²) in [4.78, 5) is 47.2. The van der Waals surface area contributed by atoms with Crippen LogP contribution in [-0.4, -0.2) is 50.9 Å². The number of aryl methyl sites for hydroxylation is 2. The van der Waals surface area contributed by atoms with Gasteiger partial charge in [-0.2, -0.15) is 0 Å². The van der Waals surface area contributed by atoms with Gasteiger partial charge in [-0.15, -0.1) is 0 Å². The summed E-state index contributed by atoms with van der Waals surface area (Å²) in [7, 11) is 1.40. The maximum Gasteiger partial charge on any atom is 0.339 e. The second-order valence-corrected chi connectivity index (χ2v) is 11.7. The highest BCUT2D eigenvalue weighted by atomic mass is 127. The lowest BCUT2D eigenvalue weighted by Crippen LogP contribution is -2.46. The quantitative estimate of drug-likeness (QED) is 0.164. The summed E-state index contributed by atoms with van der Waals surface area (Å²) in [5.74, 6) is -1.23. The number of aromatic amines is 1. The van der Waals surface area contributed by atoms with Gasteiger partial charge in [0, 0.05) is 27.4 Å². The number of nitrogens with two attached hydrogens (primary N) is 2. The zero-order valence-corrected chi connectivity index (χ0v) is 26.5. The van der Waals surface area contributed by atoms with Gasteiger partial charge in [-0.05, 0) is 108 Å². The molecule has 43 heavy (non-hydrogen) atoms. The van der Waals surface area contributed by atoms with Gasteiger partial charge in [0.1, 0.15) is 17.1 Å². The number of benzene rings is 3. The van der Waals surface area contributed by atoms with Crippen LogP contribution in [0, 0.1) is 17.4 Å². The molecule has 2 amide bonds. The fourth-order valence-corrected chi connectivity index (χ4v) is 5.43. The van der Waals surface area contributed by atoms with Gasteiger partial charge in [-0.3, -0.25) is 9.59 Å². The normalized spacial score (nSPS) is 12.4. The summed E-state index contributed by atoms with van der Waals surface area (Å²) in [6.07, 6.45) is 2.02. The highest BCUT2D eigenvalue weighted by Gasteiger charge is 2.29. The fourth-order valence-electron chi connectivity index (χ4n) is 5.07. The van der Waals surface area contributed by atoms with E-state index in [1.165, 1.54) is 13.2 Å². The van der Waals surface area contributed by atoms with E-state index in [1.54, 1.807) is 35.4 Å². The van der Waals surface area contributed by atoms with E-state index in [2.05, 4.69) is 27.6 Å². The molecule has 224 valence electrons. The SMILES string of the molecule is COc1ccc(CN(C(=O)C(N)Cc2c(C)cc(C(N)=O)cc2C)[C@@H](C)c2nc(-c3ccc(I)cc3)c[nH]2)cc1C(=O)O. The van der Waals surface area contributed by atoms with E-state index in [4.69, 9.17) is 21.2 Å². The number of aromatic carboxylic acids is 1. The van der Waals surface area contributed by atoms with Gasteiger partial charge in [0.05, 0.1) is 24.9 Å². The molecule has 2 atom stereocenters. The van der Waals surface area contributed by atoms with E-state index in [1.807, 2.05) is 45.0 Å². The number of halogens is 1. The number of aromatic nitrogens is 2. The maximum absolute atomic E-state index is 14.1. The van der Waals surface area contributed by atoms with Crippen LogP contribution in [0.1, 0.15) is 61.8 Å². The molecule has 0 aliphatic rings. The van der Waals surface area contributed by atoms with Crippen molar-refractivity contribution in [3.05, 3.63) is 104 Å². The monoisotopic (exact) mass is 695 g/mol. The molecule has 0 saturated heterocycles. The van der Waals surface area contributed by atoms with Crippen molar-refractivity contribution in [1.82, 2.24) is 14.9 Å². The third-order valence-corrected chi connectivity index (χ3v) is 8.17. The number of carboxylic acids is 1. The molecule has 1 heterocycles. The topological polar surface area (TPSA) is 165 Å². The third-order valence-electron chi connectivity index (χ3n) is 7.45. The molecule has 0 aliphatic carbocycles. The van der Waals surface area contributed by atoms with E-state index in [9.17, 15) is 19.5 Å². The van der Waals surface area contributed by atoms with Gasteiger partial charge in [0.2, 0.25) is 11.8 Å². The Bertz CT molecular complexity index is 1640. The van der Waals surface area contributed by atoms with Crippen LogP contribution in [-0.2, 0) is 17.8 Å². The molecule has 0 aliphatic heterocycles. The first-order valence-corrected chi connectivity index (χ1v) is 14.6. The van der Waals surface area contributed by atoms with Gasteiger partial charge in [0.15, 0.2) is 0 Å². The first kappa shape index (κ1) is 31.7. The molecule has 6 N–H and O–H groups in total. The summed E-state index contributed by atoms with van der Waals surface area (Å²) < 4.78 is 6.31. The highest BCUT2D eigenvalue weighted by Crippen LogP contribution is 2.28. The molecule has 0 bridgehead atoms. The van der Waals surface area contributed by atoms with Crippen LogP contribution in [0.4, 0.5) is 0 Å². The zero-order valence-electron chi connectivity index (χ0n) is 24.3. The number of ether oxygens (including phenoxy) is 1. The number of rotatable bonds is 11. The minimum absolute atomic E-state index is 0.0101. The number of amides is 2. The average molecular weight is 696 g/mol. The second kappa shape index (κ2) is 13.4. The smallest absolute Gasteiger partial charge is 0.339 e. The molecule has 4 aromatic rings. The molecule has 0 fully saturated rings. The number of hydrogen-bond acceptors (Lipinski definition) is 6. The van der Waals surface area contributed by atoms with Crippen molar-refractivity contribution >= 4 is 40.4 Å². The minimum Gasteiger partial charge on any atom is -0.496 e. The van der Waals surface area contributed by atoms with Crippen molar-refractivity contribution in [3.8, 4) is 17.0 Å². The first-order chi connectivity index (χ1) is 20.4. The molecule has 11 heteroatoms. The van der Waals surface area contributed by atoms with Crippen LogP contribution in [0.3, 0.4) is 0 Å². The van der Waals surface area contributed by atoms with Gasteiger partial charge in [-0.25, -0.2) is 9.78 Å². The van der Waals surface area contributed by atoms with Crippen LogP contribution in [0.5, 0.6) is 5.75 Å². The summed E-state index contributed by atoms with van der Waals surface area (Å²) in [5, 5.41) is 9.71. The standard InChI is InChI=1S/C32H34IN5O5/c1-17-11-22(29(35)39)12-18(2)24(17)14-26(34)31(40)38(16-20-5-10-28(43-4)25(13-20)32(41)42)19(3)30-36-15-27(37-30)21-6-8-23(33)9-7-21/h5-13,15,19,26H,14,16,34H2,1-4H3,(H2,35,39)(H,36,37)(H,41,42)/t19-,26?/m0/s1. The summed E-state index contributed by atoms with van der Waals surface area (Å²) in [6.45, 7) is 5.63. The lowest BCUT2D eigenvalue weighted by Gasteiger charge is -2.31. The van der Waals surface area contributed by atoms with Gasteiger partial charge < -0.3 is 31.2 Å². The second-order valence-electron chi connectivity index (χ2n) is 10.4. The van der Waals surface area contributed by atoms with Crippen molar-refractivity contribution in [2.75, 3.05) is 7.11 Å². The first-order valence-electron chi connectivity index (χ1n) is 13.6. The van der Waals surface area contributed by atoms with E-state index in [-0.39, 0.29) is 30.2 Å². The van der Waals surface area contributed by atoms with Crippen LogP contribution in [0.2, 0.25) is 0 Å². The fraction of sp³-hybridized carbons (Fsp3) is 0.250. The van der Waals surface area contributed by atoms with Crippen LogP contribution in [0.25, 0.3) is 11.3 Å². The number of methoxy groups -OCH3 is 1. The predicted molar refractivity (Wildman–Crippen MR) is 172 cm³/mol. The Kier molecular flexibility index (Phi) is 9.87. The Hall–Kier alpha value is -4.23. The number of nitrogens with zero attached hydrogens (tertiary/aromatic N) is 2. The zero-order chi connectivity index (χ0) is 31.4. The maximum atomic E-state index is 14.1. The molecule has 1 unspecified atom stereocenters. The Balaban J connectivity index is 1.68. The molecule has 10 nitrogen and oxygen atoms in total. The van der Waals surface area contributed by atoms with Crippen LogP contribution >= 0.6 is 22.6 Å². The number of carboxylic acid groups (broad SMARTS) is 1. The Morgan fingerprint density at radius 2 is 1.72 bits per heavy atom. The summed E-state index contributed by atoms with van der Waals surface area (Å²) >= 11 is 2.24. The van der Waals surface area contributed by atoms with Crippen molar-refractivity contribution in [3.63, 3.8) is 0 Å². The number of primary amides is 1. The molecule has 1 aromatic heterocycles. The number of carbonyl (C=O) groups excluding carboxylic acids is 2. The van der Waals surface area contributed by atoms with Gasteiger partial charge in [-0.1, -0.05) is 18.2 Å². The Morgan fingerprint density at radius 1 is 1.07 bits per heavy atom. The van der Waals surface area contributed by atoms with E-state index in [0.29, 0.717) is 17.0 Å². The van der Waals surface area contributed by atoms with Crippen molar-refractivity contribution in [2.45, 2.75) is 45.8 Å². The van der Waals surface area contributed by atoms with Crippen LogP contribution in [0.15, 0.2) is 60.8 Å². The third kappa shape index (κ3) is 7.23. The summed E-state index contributed by atoms with van der Waals surface area (Å²) in [5.41, 5.74) is 17.1. The number of H-pyrrole nitrogens is 1. The van der Waals surface area contributed by atoms with Crippen molar-refractivity contribution in [2.24, 2.45) is 11.5 Å². The molecule has 0 spiro atoms. The average Bonchev–Trinajstić information content (AvgIpc) is 3.47. The number of imidazole rings is 1. The Labute approximate surface area is 263 Å². The largest absolute Gasteiger partial charge is 0.496 e. The molecule has 0 radical (unpaired) electrons. The minimum atomic E-state index is -1.14. The lowest BCUT2D eigenvalue weighted by atomic mass is 9.93. The molecule has 3 aromatic carbocycles. The highest BCUT2D eigenvalue weighted by molar-refractivity contribution is 14.1. The van der Waals surface area contributed by atoms with E-state index in [0.717, 1.165) is 31.5 Å². The molecular weight excluding hydrogens is 661 g/mol.